The predicted molar refractivity (Wildman–Crippen MR) is 83.7 cm³/mol. The SMILES string of the molecule is C=CCSc1nc2c(N)ncnc2n1[C@@H]1O[C@H](CO)[C@@H](O)[C@@H]1O. The number of ether oxygens (including phenoxy) is 1. The molecule has 0 bridgehead atoms. The molecular formula is C13H17N5O4S. The lowest BCUT2D eigenvalue weighted by molar-refractivity contribution is -0.0548. The molecule has 10 heteroatoms. The number of nitrogens with zero attached hydrogens (tertiary/aromatic N) is 4. The molecule has 1 aliphatic rings. The van der Waals surface area contributed by atoms with Gasteiger partial charge in [0.05, 0.1) is 6.61 Å². The smallest absolute Gasteiger partial charge is 0.172 e. The standard InChI is InChI=1S/C13H17N5O4S/c1-2-3-23-13-17-7-10(14)15-5-16-11(7)18(13)12-9(21)8(20)6(4-19)22-12/h2,5-6,8-9,12,19-21H,1,3-4H2,(H2,14,15,16)/t6-,8-,9+,12-/m1/s1. The fourth-order valence-electron chi connectivity index (χ4n) is 2.46. The van der Waals surface area contributed by atoms with Crippen molar-refractivity contribution in [1.29, 1.82) is 0 Å². The molecule has 4 atom stereocenters. The van der Waals surface area contributed by atoms with Crippen molar-refractivity contribution in [2.24, 2.45) is 0 Å². The Balaban J connectivity index is 2.11. The van der Waals surface area contributed by atoms with Crippen LogP contribution in [-0.2, 0) is 4.74 Å². The fraction of sp³-hybridized carbons (Fsp3) is 0.462. The first-order valence-corrected chi connectivity index (χ1v) is 7.91. The number of hydrogen-bond donors (Lipinski definition) is 4. The van der Waals surface area contributed by atoms with Crippen LogP contribution in [0.4, 0.5) is 5.82 Å². The van der Waals surface area contributed by atoms with Gasteiger partial charge in [0.25, 0.3) is 0 Å². The minimum absolute atomic E-state index is 0.209. The Morgan fingerprint density at radius 2 is 2.17 bits per heavy atom. The summed E-state index contributed by atoms with van der Waals surface area (Å²) in [5, 5.41) is 30.0. The third-order valence-electron chi connectivity index (χ3n) is 3.57. The molecule has 0 unspecified atom stereocenters. The molecule has 23 heavy (non-hydrogen) atoms. The Bertz CT molecular complexity index is 724. The largest absolute Gasteiger partial charge is 0.394 e. The van der Waals surface area contributed by atoms with Crippen LogP contribution in [0.15, 0.2) is 24.1 Å². The van der Waals surface area contributed by atoms with Crippen molar-refractivity contribution in [1.82, 2.24) is 19.5 Å². The van der Waals surface area contributed by atoms with Crippen molar-refractivity contribution < 1.29 is 20.1 Å². The van der Waals surface area contributed by atoms with Crippen molar-refractivity contribution in [3.63, 3.8) is 0 Å². The molecule has 1 fully saturated rings. The Labute approximate surface area is 135 Å². The topological polar surface area (TPSA) is 140 Å². The van der Waals surface area contributed by atoms with Gasteiger partial charge in [-0.1, -0.05) is 17.8 Å². The molecule has 2 aromatic rings. The van der Waals surface area contributed by atoms with Crippen molar-refractivity contribution in [2.75, 3.05) is 18.1 Å². The minimum atomic E-state index is -1.23. The van der Waals surface area contributed by atoms with Crippen molar-refractivity contribution >= 4 is 28.7 Å². The molecule has 0 saturated carbocycles. The van der Waals surface area contributed by atoms with Gasteiger partial charge in [0.15, 0.2) is 28.4 Å². The molecule has 0 spiro atoms. The van der Waals surface area contributed by atoms with Gasteiger partial charge in [-0.3, -0.25) is 4.57 Å². The molecule has 9 nitrogen and oxygen atoms in total. The van der Waals surface area contributed by atoms with E-state index >= 15 is 0 Å². The first-order chi connectivity index (χ1) is 11.1. The third-order valence-corrected chi connectivity index (χ3v) is 4.52. The number of imidazole rings is 1. The predicted octanol–water partition coefficient (Wildman–Crippen LogP) is -0.702. The molecule has 0 amide bonds. The van der Waals surface area contributed by atoms with E-state index in [-0.39, 0.29) is 5.82 Å². The number of fused-ring (bicyclic) bond motifs is 1. The molecule has 1 aliphatic heterocycles. The summed E-state index contributed by atoms with van der Waals surface area (Å²) in [7, 11) is 0. The average Bonchev–Trinajstić information content (AvgIpc) is 3.05. The monoisotopic (exact) mass is 339 g/mol. The van der Waals surface area contributed by atoms with Crippen LogP contribution < -0.4 is 5.73 Å². The van der Waals surface area contributed by atoms with Crippen LogP contribution in [0.2, 0.25) is 0 Å². The van der Waals surface area contributed by atoms with Gasteiger partial charge in [0.1, 0.15) is 24.6 Å². The Kier molecular flexibility index (Phi) is 4.50. The normalized spacial score (nSPS) is 27.6. The van der Waals surface area contributed by atoms with Crippen molar-refractivity contribution in [3.05, 3.63) is 19.0 Å². The van der Waals surface area contributed by atoms with Gasteiger partial charge in [0.2, 0.25) is 0 Å². The summed E-state index contributed by atoms with van der Waals surface area (Å²) in [6.07, 6.45) is -1.26. The van der Waals surface area contributed by atoms with Gasteiger partial charge in [-0.25, -0.2) is 15.0 Å². The zero-order valence-corrected chi connectivity index (χ0v) is 12.9. The number of anilines is 1. The molecule has 0 radical (unpaired) electrons. The second-order valence-electron chi connectivity index (χ2n) is 5.02. The molecule has 2 aromatic heterocycles. The van der Waals surface area contributed by atoms with E-state index in [0.29, 0.717) is 22.1 Å². The van der Waals surface area contributed by atoms with E-state index in [1.165, 1.54) is 18.1 Å². The number of thioether (sulfide) groups is 1. The summed E-state index contributed by atoms with van der Waals surface area (Å²) in [6, 6.07) is 0. The molecule has 0 aliphatic carbocycles. The summed E-state index contributed by atoms with van der Waals surface area (Å²) < 4.78 is 7.14. The summed E-state index contributed by atoms with van der Waals surface area (Å²) in [6.45, 7) is 3.25. The summed E-state index contributed by atoms with van der Waals surface area (Å²) in [5.41, 5.74) is 6.61. The molecule has 1 saturated heterocycles. The lowest BCUT2D eigenvalue weighted by atomic mass is 10.1. The number of nitrogen functional groups attached to an aromatic ring is 1. The minimum Gasteiger partial charge on any atom is -0.394 e. The zero-order chi connectivity index (χ0) is 16.6. The maximum absolute atomic E-state index is 10.3. The van der Waals surface area contributed by atoms with Gasteiger partial charge < -0.3 is 25.8 Å². The van der Waals surface area contributed by atoms with Crippen LogP contribution in [0.3, 0.4) is 0 Å². The highest BCUT2D eigenvalue weighted by molar-refractivity contribution is 7.99. The maximum atomic E-state index is 10.3. The summed E-state index contributed by atoms with van der Waals surface area (Å²) >= 11 is 1.36. The summed E-state index contributed by atoms with van der Waals surface area (Å²) in [4.78, 5) is 12.5. The first-order valence-electron chi connectivity index (χ1n) is 6.93. The maximum Gasteiger partial charge on any atom is 0.172 e. The molecule has 124 valence electrons. The highest BCUT2D eigenvalue weighted by Gasteiger charge is 2.45. The Morgan fingerprint density at radius 1 is 1.39 bits per heavy atom. The van der Waals surface area contributed by atoms with Crippen molar-refractivity contribution in [3.8, 4) is 0 Å². The number of nitrogens with two attached hydrogens (primary N) is 1. The van der Waals surface area contributed by atoms with Crippen LogP contribution in [0, 0.1) is 0 Å². The number of hydrogen-bond acceptors (Lipinski definition) is 9. The van der Waals surface area contributed by atoms with E-state index in [2.05, 4.69) is 21.5 Å². The second kappa shape index (κ2) is 6.42. The highest BCUT2D eigenvalue weighted by Crippen LogP contribution is 2.36. The van der Waals surface area contributed by atoms with Gasteiger partial charge in [-0.2, -0.15) is 0 Å². The second-order valence-corrected chi connectivity index (χ2v) is 6.01. The molecule has 3 rings (SSSR count). The van der Waals surface area contributed by atoms with E-state index in [4.69, 9.17) is 10.5 Å². The molecule has 3 heterocycles. The van der Waals surface area contributed by atoms with Crippen LogP contribution in [0.5, 0.6) is 0 Å². The molecule has 5 N–H and O–H groups in total. The van der Waals surface area contributed by atoms with Crippen LogP contribution in [0.1, 0.15) is 6.23 Å². The van der Waals surface area contributed by atoms with E-state index in [1.54, 1.807) is 10.6 Å². The molecule has 0 aromatic carbocycles. The number of aliphatic hydroxyl groups is 3. The number of aromatic nitrogens is 4. The van der Waals surface area contributed by atoms with Gasteiger partial charge >= 0.3 is 0 Å². The lowest BCUT2D eigenvalue weighted by Gasteiger charge is -2.18. The van der Waals surface area contributed by atoms with Gasteiger partial charge in [-0.15, -0.1) is 6.58 Å². The summed E-state index contributed by atoms with van der Waals surface area (Å²) in [5.74, 6) is 0.784. The number of rotatable bonds is 5. The van der Waals surface area contributed by atoms with Crippen molar-refractivity contribution in [2.45, 2.75) is 29.7 Å². The number of aliphatic hydroxyl groups excluding tert-OH is 3. The first kappa shape index (κ1) is 16.1. The quantitative estimate of drug-likeness (QED) is 0.411. The van der Waals surface area contributed by atoms with Crippen LogP contribution in [0.25, 0.3) is 11.2 Å². The average molecular weight is 339 g/mol. The fourth-order valence-corrected chi connectivity index (χ4v) is 3.22. The van der Waals surface area contributed by atoms with Crippen LogP contribution in [-0.4, -0.2) is 65.5 Å². The van der Waals surface area contributed by atoms with Gasteiger partial charge in [0, 0.05) is 5.75 Å². The zero-order valence-electron chi connectivity index (χ0n) is 12.1. The Morgan fingerprint density at radius 3 is 2.83 bits per heavy atom. The van der Waals surface area contributed by atoms with Crippen LogP contribution >= 0.6 is 11.8 Å². The van der Waals surface area contributed by atoms with E-state index in [0.717, 1.165) is 0 Å². The lowest BCUT2D eigenvalue weighted by Crippen LogP contribution is -2.33. The highest BCUT2D eigenvalue weighted by atomic mass is 32.2. The van der Waals surface area contributed by atoms with E-state index in [1.807, 2.05) is 0 Å². The van der Waals surface area contributed by atoms with E-state index < -0.39 is 31.1 Å². The van der Waals surface area contributed by atoms with Gasteiger partial charge in [-0.05, 0) is 0 Å². The van der Waals surface area contributed by atoms with E-state index in [9.17, 15) is 15.3 Å². The Hall–Kier alpha value is -1.72. The third kappa shape index (κ3) is 2.68. The molecular weight excluding hydrogens is 322 g/mol.